The third-order valence-corrected chi connectivity index (χ3v) is 4.84. The van der Waals surface area contributed by atoms with E-state index in [-0.39, 0.29) is 0 Å². The van der Waals surface area contributed by atoms with Gasteiger partial charge in [0.1, 0.15) is 6.04 Å². The summed E-state index contributed by atoms with van der Waals surface area (Å²) >= 11 is 0. The van der Waals surface area contributed by atoms with Gasteiger partial charge < -0.3 is 10.6 Å². The van der Waals surface area contributed by atoms with Gasteiger partial charge in [0.05, 0.1) is 0 Å². The van der Waals surface area contributed by atoms with E-state index < -0.39 is 18.0 Å². The molecule has 1 atom stereocenters. The van der Waals surface area contributed by atoms with E-state index in [4.69, 9.17) is 0 Å². The second-order valence-corrected chi connectivity index (χ2v) is 6.88. The molecule has 4 rings (SSSR count). The van der Waals surface area contributed by atoms with Gasteiger partial charge in [-0.25, -0.2) is 4.79 Å². The molecule has 0 aliphatic heterocycles. The lowest BCUT2D eigenvalue weighted by atomic mass is 10.1. The van der Waals surface area contributed by atoms with Crippen LogP contribution in [0.15, 0.2) is 72.8 Å². The van der Waals surface area contributed by atoms with Gasteiger partial charge in [-0.1, -0.05) is 48.5 Å². The monoisotopic (exact) mass is 371 g/mol. The Morgan fingerprint density at radius 2 is 1.54 bits per heavy atom. The Labute approximate surface area is 163 Å². The number of urea groups is 1. The van der Waals surface area contributed by atoms with Crippen LogP contribution in [0, 0.1) is 0 Å². The third-order valence-electron chi connectivity index (χ3n) is 4.84. The second-order valence-electron chi connectivity index (χ2n) is 6.88. The molecule has 0 aromatic heterocycles. The minimum atomic E-state index is -0.552. The van der Waals surface area contributed by atoms with Gasteiger partial charge >= 0.3 is 6.03 Å². The van der Waals surface area contributed by atoms with Gasteiger partial charge in [0.15, 0.2) is 0 Å². The molecule has 5 nitrogen and oxygen atoms in total. The summed E-state index contributed by atoms with van der Waals surface area (Å²) in [5.41, 5.74) is 6.55. The van der Waals surface area contributed by atoms with Crippen molar-refractivity contribution in [1.82, 2.24) is 5.32 Å². The van der Waals surface area contributed by atoms with Gasteiger partial charge in [-0.15, -0.1) is 0 Å². The lowest BCUT2D eigenvalue weighted by Gasteiger charge is -2.16. The third kappa shape index (κ3) is 3.74. The lowest BCUT2D eigenvalue weighted by Crippen LogP contribution is -2.42. The first kappa shape index (κ1) is 17.8. The number of benzene rings is 3. The number of rotatable bonds is 4. The van der Waals surface area contributed by atoms with Gasteiger partial charge in [0.2, 0.25) is 5.91 Å². The van der Waals surface area contributed by atoms with E-state index in [0.717, 1.165) is 12.1 Å². The van der Waals surface area contributed by atoms with Crippen molar-refractivity contribution in [2.24, 2.45) is 0 Å². The van der Waals surface area contributed by atoms with Crippen molar-refractivity contribution >= 4 is 23.3 Å². The Kier molecular flexibility index (Phi) is 4.81. The Morgan fingerprint density at radius 3 is 2.36 bits per heavy atom. The summed E-state index contributed by atoms with van der Waals surface area (Å²) < 4.78 is 0. The van der Waals surface area contributed by atoms with Crippen LogP contribution in [0.25, 0.3) is 11.1 Å². The fourth-order valence-electron chi connectivity index (χ4n) is 3.45. The molecule has 140 valence electrons. The highest BCUT2D eigenvalue weighted by Crippen LogP contribution is 2.37. The van der Waals surface area contributed by atoms with Crippen LogP contribution in [0.5, 0.6) is 0 Å². The van der Waals surface area contributed by atoms with Crippen LogP contribution in [0.1, 0.15) is 18.1 Å². The number of hydrogen-bond donors (Lipinski definition) is 3. The molecular formula is C23H21N3O2. The summed E-state index contributed by atoms with van der Waals surface area (Å²) in [6.45, 7) is 1.73. The maximum Gasteiger partial charge on any atom is 0.325 e. The SMILES string of the molecule is CC(Nc1ccc2c(c1)Cc1ccccc1-2)C(=O)NC(=O)Nc1ccccc1. The number of imide groups is 1. The molecule has 3 aromatic carbocycles. The van der Waals surface area contributed by atoms with Crippen molar-refractivity contribution in [2.75, 3.05) is 10.6 Å². The molecular weight excluding hydrogens is 350 g/mol. The van der Waals surface area contributed by atoms with Gasteiger partial charge in [-0.3, -0.25) is 10.1 Å². The zero-order valence-corrected chi connectivity index (χ0v) is 15.5. The minimum absolute atomic E-state index is 0.391. The van der Waals surface area contributed by atoms with Gasteiger partial charge in [0, 0.05) is 11.4 Å². The van der Waals surface area contributed by atoms with E-state index in [1.54, 1.807) is 19.1 Å². The molecule has 3 aromatic rings. The first-order chi connectivity index (χ1) is 13.6. The smallest absolute Gasteiger partial charge is 0.325 e. The van der Waals surface area contributed by atoms with Crippen molar-refractivity contribution in [1.29, 1.82) is 0 Å². The number of carbonyl (C=O) groups excluding carboxylic acids is 2. The Balaban J connectivity index is 1.37. The van der Waals surface area contributed by atoms with Gasteiger partial charge in [0.25, 0.3) is 0 Å². The number of nitrogens with one attached hydrogen (secondary N) is 3. The molecule has 3 amide bonds. The minimum Gasteiger partial charge on any atom is -0.374 e. The summed E-state index contributed by atoms with van der Waals surface area (Å²) in [6, 6.07) is 22.4. The lowest BCUT2D eigenvalue weighted by molar-refractivity contribution is -0.120. The van der Waals surface area contributed by atoms with Crippen molar-refractivity contribution in [2.45, 2.75) is 19.4 Å². The fourth-order valence-corrected chi connectivity index (χ4v) is 3.45. The van der Waals surface area contributed by atoms with Crippen LogP contribution in [0.4, 0.5) is 16.2 Å². The summed E-state index contributed by atoms with van der Waals surface area (Å²) in [6.07, 6.45) is 0.890. The molecule has 1 unspecified atom stereocenters. The second kappa shape index (κ2) is 7.56. The van der Waals surface area contributed by atoms with Crippen molar-refractivity contribution in [3.05, 3.63) is 83.9 Å². The molecule has 0 saturated heterocycles. The first-order valence-corrected chi connectivity index (χ1v) is 9.25. The van der Waals surface area contributed by atoms with E-state index in [1.807, 2.05) is 30.3 Å². The average Bonchev–Trinajstić information content (AvgIpc) is 3.06. The fraction of sp³-hybridized carbons (Fsp3) is 0.130. The summed E-state index contributed by atoms with van der Waals surface area (Å²) in [5, 5.41) is 8.18. The predicted octanol–water partition coefficient (Wildman–Crippen LogP) is 4.41. The number of fused-ring (bicyclic) bond motifs is 3. The number of para-hydroxylation sites is 1. The zero-order valence-electron chi connectivity index (χ0n) is 15.5. The van der Waals surface area contributed by atoms with Crippen molar-refractivity contribution in [3.8, 4) is 11.1 Å². The van der Waals surface area contributed by atoms with Gasteiger partial charge in [-0.05, 0) is 59.9 Å². The van der Waals surface area contributed by atoms with E-state index in [2.05, 4.69) is 46.3 Å². The van der Waals surface area contributed by atoms with Crippen LogP contribution >= 0.6 is 0 Å². The molecule has 0 heterocycles. The molecule has 0 fully saturated rings. The molecule has 0 saturated carbocycles. The summed E-state index contributed by atoms with van der Waals surface area (Å²) in [5.74, 6) is -0.391. The standard InChI is InChI=1S/C23H21N3O2/c1-15(22(27)26-23(28)25-18-8-3-2-4-9-18)24-19-11-12-21-17(14-19)13-16-7-5-6-10-20(16)21/h2-12,14-15,24H,13H2,1H3,(H2,25,26,27,28). The number of anilines is 2. The Hall–Kier alpha value is -3.60. The summed E-state index contributed by atoms with van der Waals surface area (Å²) in [4.78, 5) is 24.3. The summed E-state index contributed by atoms with van der Waals surface area (Å²) in [7, 11) is 0. The van der Waals surface area contributed by atoms with Crippen LogP contribution < -0.4 is 16.0 Å². The number of amides is 3. The van der Waals surface area contributed by atoms with E-state index in [0.29, 0.717) is 5.69 Å². The van der Waals surface area contributed by atoms with Crippen LogP contribution in [0.3, 0.4) is 0 Å². The Bertz CT molecular complexity index is 1030. The highest BCUT2D eigenvalue weighted by molar-refractivity contribution is 6.03. The van der Waals surface area contributed by atoms with Crippen LogP contribution in [-0.2, 0) is 11.2 Å². The molecule has 1 aliphatic carbocycles. The molecule has 0 radical (unpaired) electrons. The van der Waals surface area contributed by atoms with Crippen molar-refractivity contribution < 1.29 is 9.59 Å². The van der Waals surface area contributed by atoms with Gasteiger partial charge in [-0.2, -0.15) is 0 Å². The van der Waals surface area contributed by atoms with E-state index in [1.165, 1.54) is 22.3 Å². The number of carbonyl (C=O) groups is 2. The maximum absolute atomic E-state index is 12.3. The molecule has 1 aliphatic rings. The zero-order chi connectivity index (χ0) is 19.5. The normalized spacial score (nSPS) is 12.5. The molecule has 3 N–H and O–H groups in total. The average molecular weight is 371 g/mol. The topological polar surface area (TPSA) is 70.2 Å². The molecule has 0 bridgehead atoms. The maximum atomic E-state index is 12.3. The van der Waals surface area contributed by atoms with Crippen LogP contribution in [-0.4, -0.2) is 18.0 Å². The van der Waals surface area contributed by atoms with Crippen LogP contribution in [0.2, 0.25) is 0 Å². The molecule has 28 heavy (non-hydrogen) atoms. The first-order valence-electron chi connectivity index (χ1n) is 9.25. The highest BCUT2D eigenvalue weighted by atomic mass is 16.2. The largest absolute Gasteiger partial charge is 0.374 e. The molecule has 5 heteroatoms. The van der Waals surface area contributed by atoms with Crippen molar-refractivity contribution in [3.63, 3.8) is 0 Å². The quantitative estimate of drug-likeness (QED) is 0.498. The predicted molar refractivity (Wildman–Crippen MR) is 111 cm³/mol. The van der Waals surface area contributed by atoms with E-state index in [9.17, 15) is 9.59 Å². The Morgan fingerprint density at radius 1 is 0.821 bits per heavy atom. The number of hydrogen-bond acceptors (Lipinski definition) is 3. The molecule has 0 spiro atoms. The highest BCUT2D eigenvalue weighted by Gasteiger charge is 2.20. The van der Waals surface area contributed by atoms with E-state index >= 15 is 0 Å².